The highest BCUT2D eigenvalue weighted by Crippen LogP contribution is 2.32. The molecule has 0 amide bonds. The number of esters is 1. The largest absolute Gasteiger partial charge is 0.479 e. The summed E-state index contributed by atoms with van der Waals surface area (Å²) in [5, 5.41) is 8.38. The number of rotatable bonds is 6. The highest BCUT2D eigenvalue weighted by Gasteiger charge is 2.51. The maximum atomic E-state index is 14.6. The van der Waals surface area contributed by atoms with Gasteiger partial charge in [-0.3, -0.25) is 0 Å². The minimum absolute atomic E-state index is 0.111. The molecule has 1 unspecified atom stereocenters. The van der Waals surface area contributed by atoms with E-state index in [1.165, 1.54) is 13.8 Å². The van der Waals surface area contributed by atoms with Crippen LogP contribution in [0, 0.1) is 5.92 Å². The summed E-state index contributed by atoms with van der Waals surface area (Å²) in [4.78, 5) is 21.9. The summed E-state index contributed by atoms with van der Waals surface area (Å²) in [6, 6.07) is 0. The first-order valence-electron chi connectivity index (χ1n) is 5.37. The molecule has 100 valence electrons. The molecule has 0 saturated carbocycles. The molecular weight excluding hydrogens is 229 g/mol. The van der Waals surface area contributed by atoms with E-state index >= 15 is 0 Å². The van der Waals surface area contributed by atoms with Crippen molar-refractivity contribution >= 4 is 11.9 Å². The maximum absolute atomic E-state index is 14.6. The highest BCUT2D eigenvalue weighted by molar-refractivity contribution is 5.83. The lowest BCUT2D eigenvalue weighted by molar-refractivity contribution is -0.169. The van der Waals surface area contributed by atoms with Crippen molar-refractivity contribution in [3.05, 3.63) is 0 Å². The Morgan fingerprint density at radius 3 is 2.18 bits per heavy atom. The highest BCUT2D eigenvalue weighted by atomic mass is 19.1. The van der Waals surface area contributed by atoms with Gasteiger partial charge in [0, 0.05) is 0 Å². The van der Waals surface area contributed by atoms with E-state index in [9.17, 15) is 14.0 Å². The maximum Gasteiger partial charge on any atom is 0.346 e. The SMILES string of the molecule is CC(C)CC(F)(C(=O)OCC(=O)O)C(C)(C)N. The molecule has 0 fully saturated rings. The third-order valence-corrected chi connectivity index (χ3v) is 2.36. The number of carboxylic acid groups (broad SMARTS) is 1. The van der Waals surface area contributed by atoms with Gasteiger partial charge in [0.2, 0.25) is 5.67 Å². The van der Waals surface area contributed by atoms with E-state index in [4.69, 9.17) is 10.8 Å². The van der Waals surface area contributed by atoms with E-state index in [0.29, 0.717) is 0 Å². The van der Waals surface area contributed by atoms with Crippen molar-refractivity contribution in [3.8, 4) is 0 Å². The summed E-state index contributed by atoms with van der Waals surface area (Å²) in [6.45, 7) is 5.36. The van der Waals surface area contributed by atoms with Crippen molar-refractivity contribution in [1.29, 1.82) is 0 Å². The zero-order valence-corrected chi connectivity index (χ0v) is 10.6. The Kier molecular flexibility index (Phi) is 5.07. The third kappa shape index (κ3) is 4.30. The second-order valence-corrected chi connectivity index (χ2v) is 5.09. The zero-order chi connectivity index (χ0) is 13.9. The van der Waals surface area contributed by atoms with Gasteiger partial charge in [-0.1, -0.05) is 13.8 Å². The second kappa shape index (κ2) is 5.44. The number of carboxylic acids is 1. The number of nitrogens with two attached hydrogens (primary N) is 1. The number of hydrogen-bond acceptors (Lipinski definition) is 4. The van der Waals surface area contributed by atoms with Gasteiger partial charge in [-0.15, -0.1) is 0 Å². The van der Waals surface area contributed by atoms with Gasteiger partial charge in [0.15, 0.2) is 6.61 Å². The minimum Gasteiger partial charge on any atom is -0.479 e. The van der Waals surface area contributed by atoms with Crippen molar-refractivity contribution in [3.63, 3.8) is 0 Å². The summed E-state index contributed by atoms with van der Waals surface area (Å²) in [5.74, 6) is -2.67. The smallest absolute Gasteiger partial charge is 0.346 e. The van der Waals surface area contributed by atoms with Crippen LogP contribution in [0.3, 0.4) is 0 Å². The van der Waals surface area contributed by atoms with Gasteiger partial charge in [0.05, 0.1) is 5.54 Å². The number of carbonyl (C=O) groups excluding carboxylic acids is 1. The van der Waals surface area contributed by atoms with Gasteiger partial charge < -0.3 is 15.6 Å². The lowest BCUT2D eigenvalue weighted by Crippen LogP contribution is -2.59. The van der Waals surface area contributed by atoms with Crippen molar-refractivity contribution in [2.45, 2.75) is 45.3 Å². The van der Waals surface area contributed by atoms with Gasteiger partial charge in [-0.2, -0.15) is 0 Å². The van der Waals surface area contributed by atoms with Crippen molar-refractivity contribution in [2.75, 3.05) is 6.61 Å². The predicted octanol–water partition coefficient (Wildman–Crippen LogP) is 1.11. The lowest BCUT2D eigenvalue weighted by Gasteiger charge is -2.36. The number of ether oxygens (including phenoxy) is 1. The Balaban J connectivity index is 4.93. The van der Waals surface area contributed by atoms with E-state index in [-0.39, 0.29) is 12.3 Å². The number of carbonyl (C=O) groups is 2. The molecule has 0 aliphatic carbocycles. The molecule has 0 rings (SSSR count). The average Bonchev–Trinajstić information content (AvgIpc) is 2.10. The van der Waals surface area contributed by atoms with Gasteiger partial charge >= 0.3 is 11.9 Å². The van der Waals surface area contributed by atoms with Crippen LogP contribution in [0.5, 0.6) is 0 Å². The van der Waals surface area contributed by atoms with Gasteiger partial charge in [0.1, 0.15) is 0 Å². The summed E-state index contributed by atoms with van der Waals surface area (Å²) >= 11 is 0. The molecular formula is C11H20FNO4. The normalized spacial score (nSPS) is 15.5. The number of alkyl halides is 1. The van der Waals surface area contributed by atoms with Crippen LogP contribution in [-0.2, 0) is 14.3 Å². The third-order valence-electron chi connectivity index (χ3n) is 2.36. The average molecular weight is 249 g/mol. The van der Waals surface area contributed by atoms with Crippen LogP contribution in [0.25, 0.3) is 0 Å². The molecule has 0 aliphatic rings. The Bertz CT molecular complexity index is 298. The molecule has 1 atom stereocenters. The molecule has 0 radical (unpaired) electrons. The molecule has 0 heterocycles. The van der Waals surface area contributed by atoms with Crippen molar-refractivity contribution in [2.24, 2.45) is 11.7 Å². The van der Waals surface area contributed by atoms with Crippen LogP contribution >= 0.6 is 0 Å². The van der Waals surface area contributed by atoms with Gasteiger partial charge in [-0.05, 0) is 26.2 Å². The fourth-order valence-electron chi connectivity index (χ4n) is 1.41. The molecule has 0 aromatic carbocycles. The van der Waals surface area contributed by atoms with E-state index < -0.39 is 29.8 Å². The minimum atomic E-state index is -2.39. The molecule has 0 bridgehead atoms. The van der Waals surface area contributed by atoms with E-state index in [1.807, 2.05) is 0 Å². The number of aliphatic carboxylic acids is 1. The Hall–Kier alpha value is -1.17. The molecule has 6 heteroatoms. The monoisotopic (exact) mass is 249 g/mol. The molecule has 0 aromatic heterocycles. The standard InChI is InChI=1S/C11H20FNO4/c1-7(2)5-11(12,10(3,4)13)9(16)17-6-8(14)15/h7H,5-6,13H2,1-4H3,(H,14,15). The fourth-order valence-corrected chi connectivity index (χ4v) is 1.41. The summed E-state index contributed by atoms with van der Waals surface area (Å²) in [7, 11) is 0. The van der Waals surface area contributed by atoms with Gasteiger partial charge in [-0.25, -0.2) is 14.0 Å². The Labute approximate surface area is 100 Å². The van der Waals surface area contributed by atoms with E-state index in [0.717, 1.165) is 0 Å². The van der Waals surface area contributed by atoms with Crippen LogP contribution in [0.4, 0.5) is 4.39 Å². The fraction of sp³-hybridized carbons (Fsp3) is 0.818. The molecule has 0 saturated heterocycles. The first kappa shape index (κ1) is 15.8. The topological polar surface area (TPSA) is 89.6 Å². The van der Waals surface area contributed by atoms with Crippen LogP contribution in [-0.4, -0.2) is 34.9 Å². The van der Waals surface area contributed by atoms with Crippen LogP contribution < -0.4 is 5.73 Å². The molecule has 0 aromatic rings. The summed E-state index contributed by atoms with van der Waals surface area (Å²) in [6.07, 6.45) is -0.116. The van der Waals surface area contributed by atoms with Gasteiger partial charge in [0.25, 0.3) is 0 Å². The Morgan fingerprint density at radius 1 is 1.41 bits per heavy atom. The molecule has 0 aliphatic heterocycles. The van der Waals surface area contributed by atoms with Crippen LogP contribution in [0.2, 0.25) is 0 Å². The van der Waals surface area contributed by atoms with E-state index in [1.54, 1.807) is 13.8 Å². The van der Waals surface area contributed by atoms with Crippen molar-refractivity contribution in [1.82, 2.24) is 0 Å². The summed E-state index contributed by atoms with van der Waals surface area (Å²) < 4.78 is 19.0. The van der Waals surface area contributed by atoms with Crippen LogP contribution in [0.15, 0.2) is 0 Å². The van der Waals surface area contributed by atoms with Crippen LogP contribution in [0.1, 0.15) is 34.1 Å². The van der Waals surface area contributed by atoms with E-state index in [2.05, 4.69) is 4.74 Å². The first-order valence-corrected chi connectivity index (χ1v) is 5.37. The molecule has 3 N–H and O–H groups in total. The molecule has 17 heavy (non-hydrogen) atoms. The molecule has 0 spiro atoms. The summed E-state index contributed by atoms with van der Waals surface area (Å²) in [5.41, 5.74) is 1.82. The predicted molar refractivity (Wildman–Crippen MR) is 60.2 cm³/mol. The second-order valence-electron chi connectivity index (χ2n) is 5.09. The Morgan fingerprint density at radius 2 is 1.88 bits per heavy atom. The molecule has 5 nitrogen and oxygen atoms in total. The lowest BCUT2D eigenvalue weighted by atomic mass is 9.79. The zero-order valence-electron chi connectivity index (χ0n) is 10.6. The quantitative estimate of drug-likeness (QED) is 0.688. The van der Waals surface area contributed by atoms with Crippen molar-refractivity contribution < 1.29 is 23.8 Å². The number of hydrogen-bond donors (Lipinski definition) is 2. The number of halogens is 1. The first-order chi connectivity index (χ1) is 7.50.